The molecule has 0 unspecified atom stereocenters. The Kier molecular flexibility index (Phi) is 7.31. The van der Waals surface area contributed by atoms with Gasteiger partial charge in [-0.3, -0.25) is 0 Å². The van der Waals surface area contributed by atoms with Crippen LogP contribution < -0.4 is 5.30 Å². The van der Waals surface area contributed by atoms with Crippen LogP contribution in [-0.2, 0) is 21.4 Å². The molecule has 1 saturated carbocycles. The zero-order valence-corrected chi connectivity index (χ0v) is 28.1. The summed E-state index contributed by atoms with van der Waals surface area (Å²) in [6, 6.07) is 22.5. The summed E-state index contributed by atoms with van der Waals surface area (Å²) in [5, 5.41) is 3.27. The third kappa shape index (κ3) is 5.11. The molecule has 4 heteroatoms. The normalized spacial score (nSPS) is 17.8. The fraction of sp³-hybridized carbons (Fsp3) is 0.474. The molecule has 0 amide bonds. The predicted molar refractivity (Wildman–Crippen MR) is 182 cm³/mol. The summed E-state index contributed by atoms with van der Waals surface area (Å²) in [5.41, 5.74) is 4.10. The SMILES string of the molecule is CC(C)(C)c1cc(C(C)(C)C)c2cc(C3(P(O)(O)(O)c4ccc5ccccc5c4)CCCCC3)c(C(C)(C)C)cc2c1. The van der Waals surface area contributed by atoms with E-state index >= 15 is 0 Å². The van der Waals surface area contributed by atoms with Gasteiger partial charge in [-0.1, -0.05) is 0 Å². The van der Waals surface area contributed by atoms with E-state index in [4.69, 9.17) is 0 Å². The average Bonchev–Trinajstić information content (AvgIpc) is 2.90. The van der Waals surface area contributed by atoms with E-state index < -0.39 is 12.4 Å². The fourth-order valence-corrected chi connectivity index (χ4v) is 10.2. The summed E-state index contributed by atoms with van der Waals surface area (Å²) in [6.45, 7) is 20.1. The van der Waals surface area contributed by atoms with Crippen molar-refractivity contribution >= 4 is 34.1 Å². The Bertz CT molecular complexity index is 1650. The molecule has 0 heterocycles. The summed E-state index contributed by atoms with van der Waals surface area (Å²) < 4.78 is 0. The van der Waals surface area contributed by atoms with E-state index in [0.29, 0.717) is 12.8 Å². The Morgan fingerprint density at radius 2 is 1.17 bits per heavy atom. The van der Waals surface area contributed by atoms with Gasteiger partial charge in [-0.25, -0.2) is 0 Å². The van der Waals surface area contributed by atoms with Gasteiger partial charge in [-0.15, -0.1) is 0 Å². The minimum atomic E-state index is -5.51. The summed E-state index contributed by atoms with van der Waals surface area (Å²) in [4.78, 5) is 37.9. The summed E-state index contributed by atoms with van der Waals surface area (Å²) in [7, 11) is -5.51. The van der Waals surface area contributed by atoms with Crippen molar-refractivity contribution in [3.05, 3.63) is 89.0 Å². The van der Waals surface area contributed by atoms with Gasteiger partial charge < -0.3 is 0 Å². The van der Waals surface area contributed by atoms with Crippen molar-refractivity contribution in [1.82, 2.24) is 0 Å². The molecule has 0 bridgehead atoms. The molecule has 0 saturated heterocycles. The summed E-state index contributed by atoms with van der Waals surface area (Å²) >= 11 is 0. The van der Waals surface area contributed by atoms with Gasteiger partial charge >= 0.3 is 254 Å². The Balaban J connectivity index is 1.90. The van der Waals surface area contributed by atoms with Crippen molar-refractivity contribution in [2.75, 3.05) is 0 Å². The fourth-order valence-electron chi connectivity index (χ4n) is 7.19. The molecule has 0 radical (unpaired) electrons. The van der Waals surface area contributed by atoms with Crippen LogP contribution in [0, 0.1) is 0 Å². The molecule has 42 heavy (non-hydrogen) atoms. The second-order valence-corrected chi connectivity index (χ2v) is 19.3. The van der Waals surface area contributed by atoms with Gasteiger partial charge in [0.15, 0.2) is 0 Å². The van der Waals surface area contributed by atoms with E-state index in [1.807, 2.05) is 30.3 Å². The summed E-state index contributed by atoms with van der Waals surface area (Å²) in [5.74, 6) is 0. The molecule has 3 N–H and O–H groups in total. The molecule has 1 fully saturated rings. The average molecular weight is 587 g/mol. The number of rotatable bonds is 3. The van der Waals surface area contributed by atoms with Crippen LogP contribution >= 0.6 is 7.28 Å². The third-order valence-corrected chi connectivity index (χ3v) is 13.2. The molecule has 0 aliphatic heterocycles. The van der Waals surface area contributed by atoms with Gasteiger partial charge in [0.2, 0.25) is 0 Å². The molecule has 4 aromatic carbocycles. The molecule has 226 valence electrons. The molecule has 1 aliphatic rings. The molecule has 0 atom stereocenters. The number of benzene rings is 4. The van der Waals surface area contributed by atoms with Crippen molar-refractivity contribution in [2.24, 2.45) is 0 Å². The number of hydrogen-bond donors (Lipinski definition) is 3. The molecular formula is C38H51O3P. The van der Waals surface area contributed by atoms with Crippen LogP contribution in [0.2, 0.25) is 0 Å². The summed E-state index contributed by atoms with van der Waals surface area (Å²) in [6.07, 6.45) is 3.75. The van der Waals surface area contributed by atoms with E-state index in [1.165, 1.54) is 16.5 Å². The zero-order valence-electron chi connectivity index (χ0n) is 27.2. The maximum atomic E-state index is 12.6. The van der Waals surface area contributed by atoms with E-state index in [-0.39, 0.29) is 21.5 Å². The van der Waals surface area contributed by atoms with E-state index in [1.54, 1.807) is 12.1 Å². The predicted octanol–water partition coefficient (Wildman–Crippen LogP) is 9.65. The number of fused-ring (bicyclic) bond motifs is 2. The molecule has 4 aromatic rings. The van der Waals surface area contributed by atoms with Crippen LogP contribution in [0.15, 0.2) is 66.7 Å². The van der Waals surface area contributed by atoms with Crippen LogP contribution in [0.25, 0.3) is 21.5 Å². The van der Waals surface area contributed by atoms with Crippen LogP contribution in [-0.4, -0.2) is 14.7 Å². The van der Waals surface area contributed by atoms with Gasteiger partial charge in [-0.2, -0.15) is 0 Å². The Morgan fingerprint density at radius 3 is 1.74 bits per heavy atom. The first-order chi connectivity index (χ1) is 19.2. The zero-order chi connectivity index (χ0) is 31.0. The van der Waals surface area contributed by atoms with Crippen molar-refractivity contribution in [1.29, 1.82) is 0 Å². The van der Waals surface area contributed by atoms with Crippen LogP contribution in [0.5, 0.6) is 0 Å². The van der Waals surface area contributed by atoms with Gasteiger partial charge in [0, 0.05) is 0 Å². The quantitative estimate of drug-likeness (QED) is 0.210. The molecular weight excluding hydrogens is 535 g/mol. The monoisotopic (exact) mass is 586 g/mol. The first-order valence-corrected chi connectivity index (χ1v) is 17.7. The minimum absolute atomic E-state index is 0.0115. The van der Waals surface area contributed by atoms with E-state index in [0.717, 1.165) is 46.5 Å². The first kappa shape index (κ1) is 31.1. The maximum absolute atomic E-state index is 12.6. The van der Waals surface area contributed by atoms with Gasteiger partial charge in [0.1, 0.15) is 0 Å². The molecule has 0 spiro atoms. The second kappa shape index (κ2) is 9.86. The Morgan fingerprint density at radius 1 is 0.571 bits per heavy atom. The van der Waals surface area contributed by atoms with Crippen molar-refractivity contribution in [2.45, 2.75) is 116 Å². The van der Waals surface area contributed by atoms with Gasteiger partial charge in [0.25, 0.3) is 0 Å². The van der Waals surface area contributed by atoms with Crippen LogP contribution in [0.3, 0.4) is 0 Å². The first-order valence-electron chi connectivity index (χ1n) is 15.6. The topological polar surface area (TPSA) is 60.7 Å². The Hall–Kier alpha value is -2.29. The third-order valence-electron chi connectivity index (χ3n) is 9.75. The van der Waals surface area contributed by atoms with E-state index in [2.05, 4.69) is 86.6 Å². The molecule has 5 rings (SSSR count). The second-order valence-electron chi connectivity index (χ2n) is 16.0. The molecule has 0 aromatic heterocycles. The van der Waals surface area contributed by atoms with Crippen LogP contribution in [0.1, 0.15) is 117 Å². The standard InChI is InChI=1S/C38H51O3P/c1-35(2,3)29-21-28-23-33(37(7,8)9)34(25-31(28)32(24-29)36(4,5)6)38(19-13-10-14-20-38)42(39,40,41)30-18-17-26-15-11-12-16-27(26)22-30/h11-12,15-18,21-25,39-41H,10,13-14,19-20H2,1-9H3. The van der Waals surface area contributed by atoms with Crippen molar-refractivity contribution in [3.8, 4) is 0 Å². The number of hydrogen-bond acceptors (Lipinski definition) is 3. The van der Waals surface area contributed by atoms with E-state index in [9.17, 15) is 14.7 Å². The molecule has 1 aliphatic carbocycles. The van der Waals surface area contributed by atoms with Gasteiger partial charge in [-0.05, 0) is 0 Å². The molecule has 3 nitrogen and oxygen atoms in total. The van der Waals surface area contributed by atoms with Crippen molar-refractivity contribution in [3.63, 3.8) is 0 Å². The van der Waals surface area contributed by atoms with Crippen LogP contribution in [0.4, 0.5) is 0 Å². The van der Waals surface area contributed by atoms with Crippen molar-refractivity contribution < 1.29 is 14.7 Å². The Labute approximate surface area is 253 Å². The van der Waals surface area contributed by atoms with Gasteiger partial charge in [0.05, 0.1) is 0 Å².